The minimum Gasteiger partial charge on any atom is -0.462 e. The van der Waals surface area contributed by atoms with E-state index in [9.17, 15) is 4.79 Å². The number of aryl methyl sites for hydroxylation is 1. The molecule has 0 unspecified atom stereocenters. The second-order valence-electron chi connectivity index (χ2n) is 2.65. The van der Waals surface area contributed by atoms with Gasteiger partial charge < -0.3 is 4.74 Å². The summed E-state index contributed by atoms with van der Waals surface area (Å²) in [6.45, 7) is 3.88. The van der Waals surface area contributed by atoms with Gasteiger partial charge in [0.05, 0.1) is 12.2 Å². The fourth-order valence-electron chi connectivity index (χ4n) is 1.04. The number of nitrogens with zero attached hydrogens (tertiary/aromatic N) is 1. The van der Waals surface area contributed by atoms with Crippen molar-refractivity contribution in [1.29, 1.82) is 0 Å². The monoisotopic (exact) mass is 277 g/mol. The molecule has 0 aliphatic carbocycles. The molecule has 0 amide bonds. The summed E-state index contributed by atoms with van der Waals surface area (Å²) in [5.74, 6) is -0.388. The molecule has 76 valence electrons. The second kappa shape index (κ2) is 4.75. The minimum atomic E-state index is -0.388. The predicted molar refractivity (Wildman–Crippen MR) is 57.6 cm³/mol. The number of esters is 1. The molecule has 0 aliphatic rings. The van der Waals surface area contributed by atoms with E-state index in [1.165, 1.54) is 0 Å². The largest absolute Gasteiger partial charge is 0.462 e. The Bertz CT molecular complexity index is 345. The van der Waals surface area contributed by atoms with Crippen LogP contribution in [0.4, 0.5) is 0 Å². The second-order valence-corrected chi connectivity index (χ2v) is 3.79. The molecule has 5 heteroatoms. The molecule has 0 aromatic carbocycles. The van der Waals surface area contributed by atoms with E-state index in [4.69, 9.17) is 16.3 Å². The maximum Gasteiger partial charge on any atom is 0.341 e. The van der Waals surface area contributed by atoms with Gasteiger partial charge in [0.2, 0.25) is 0 Å². The van der Waals surface area contributed by atoms with Gasteiger partial charge in [-0.15, -0.1) is 0 Å². The van der Waals surface area contributed by atoms with Crippen LogP contribution in [0.3, 0.4) is 0 Å². The number of ether oxygens (including phenoxy) is 1. The van der Waals surface area contributed by atoms with Crippen molar-refractivity contribution >= 4 is 33.5 Å². The highest BCUT2D eigenvalue weighted by Crippen LogP contribution is 2.22. The van der Waals surface area contributed by atoms with E-state index >= 15 is 0 Å². The van der Waals surface area contributed by atoms with Gasteiger partial charge in [0.25, 0.3) is 0 Å². The number of carbonyl (C=O) groups excluding carboxylic acids is 1. The van der Waals surface area contributed by atoms with Gasteiger partial charge in [-0.25, -0.2) is 9.78 Å². The van der Waals surface area contributed by atoms with E-state index in [0.29, 0.717) is 21.9 Å². The average molecular weight is 279 g/mol. The van der Waals surface area contributed by atoms with Crippen LogP contribution in [0.15, 0.2) is 10.7 Å². The van der Waals surface area contributed by atoms with Gasteiger partial charge in [-0.2, -0.15) is 0 Å². The third-order valence-corrected chi connectivity index (χ3v) is 2.39. The lowest BCUT2D eigenvalue weighted by Gasteiger charge is -2.07. The van der Waals surface area contributed by atoms with Crippen LogP contribution in [0.5, 0.6) is 0 Å². The molecule has 0 radical (unpaired) electrons. The van der Waals surface area contributed by atoms with Crippen molar-refractivity contribution in [2.75, 3.05) is 6.61 Å². The highest BCUT2D eigenvalue weighted by Gasteiger charge is 2.16. The maximum atomic E-state index is 11.5. The molecule has 0 atom stereocenters. The SMILES string of the molecule is CCOC(=O)c1c(C)cc(Cl)nc1Br. The quantitative estimate of drug-likeness (QED) is 0.617. The lowest BCUT2D eigenvalue weighted by atomic mass is 10.2. The van der Waals surface area contributed by atoms with Gasteiger partial charge in [-0.3, -0.25) is 0 Å². The molecule has 0 fully saturated rings. The number of carbonyl (C=O) groups is 1. The molecule has 0 spiro atoms. The average Bonchev–Trinajstić information content (AvgIpc) is 2.01. The minimum absolute atomic E-state index is 0.341. The normalized spacial score (nSPS) is 10.0. The summed E-state index contributed by atoms with van der Waals surface area (Å²) in [4.78, 5) is 15.4. The Hall–Kier alpha value is -0.610. The van der Waals surface area contributed by atoms with Crippen LogP contribution >= 0.6 is 27.5 Å². The smallest absolute Gasteiger partial charge is 0.341 e. The number of hydrogen-bond donors (Lipinski definition) is 0. The lowest BCUT2D eigenvalue weighted by Crippen LogP contribution is -2.08. The molecule has 1 heterocycles. The van der Waals surface area contributed by atoms with Crippen LogP contribution in [0.1, 0.15) is 22.8 Å². The van der Waals surface area contributed by atoms with Crippen LogP contribution in [0.25, 0.3) is 0 Å². The van der Waals surface area contributed by atoms with Crippen LogP contribution < -0.4 is 0 Å². The summed E-state index contributed by atoms with van der Waals surface area (Å²) in [6, 6.07) is 1.62. The van der Waals surface area contributed by atoms with Crippen molar-refractivity contribution in [3.8, 4) is 0 Å². The summed E-state index contributed by atoms with van der Waals surface area (Å²) in [5.41, 5.74) is 1.17. The van der Waals surface area contributed by atoms with Gasteiger partial charge in [-0.1, -0.05) is 11.6 Å². The summed E-state index contributed by atoms with van der Waals surface area (Å²) < 4.78 is 5.29. The number of halogens is 2. The van der Waals surface area contributed by atoms with Crippen molar-refractivity contribution in [2.45, 2.75) is 13.8 Å². The van der Waals surface area contributed by atoms with E-state index in [1.807, 2.05) is 0 Å². The zero-order valence-corrected chi connectivity index (χ0v) is 10.1. The lowest BCUT2D eigenvalue weighted by molar-refractivity contribution is 0.0524. The van der Waals surface area contributed by atoms with Crippen molar-refractivity contribution in [3.05, 3.63) is 26.9 Å². The van der Waals surface area contributed by atoms with Gasteiger partial charge in [-0.05, 0) is 41.4 Å². The first-order chi connectivity index (χ1) is 6.56. The molecule has 1 rings (SSSR count). The molecule has 3 nitrogen and oxygen atoms in total. The summed E-state index contributed by atoms with van der Waals surface area (Å²) >= 11 is 8.88. The van der Waals surface area contributed by atoms with E-state index in [2.05, 4.69) is 20.9 Å². The number of pyridine rings is 1. The molecule has 1 aromatic heterocycles. The Morgan fingerprint density at radius 2 is 2.36 bits per heavy atom. The van der Waals surface area contributed by atoms with Gasteiger partial charge in [0.1, 0.15) is 9.76 Å². The zero-order chi connectivity index (χ0) is 10.7. The Balaban J connectivity index is 3.14. The fraction of sp³-hybridized carbons (Fsp3) is 0.333. The van der Waals surface area contributed by atoms with E-state index in [0.717, 1.165) is 5.56 Å². The highest BCUT2D eigenvalue weighted by molar-refractivity contribution is 9.10. The molecule has 0 N–H and O–H groups in total. The molecule has 0 saturated carbocycles. The van der Waals surface area contributed by atoms with E-state index < -0.39 is 0 Å². The molecule has 1 aromatic rings. The fourth-order valence-corrected chi connectivity index (χ4v) is 2.06. The third kappa shape index (κ3) is 2.45. The Morgan fingerprint density at radius 3 is 2.86 bits per heavy atom. The van der Waals surface area contributed by atoms with Crippen LogP contribution in [0.2, 0.25) is 5.15 Å². The first-order valence-electron chi connectivity index (χ1n) is 4.06. The van der Waals surface area contributed by atoms with Crippen molar-refractivity contribution < 1.29 is 9.53 Å². The Labute approximate surface area is 95.6 Å². The number of aromatic nitrogens is 1. The summed E-state index contributed by atoms with van der Waals surface area (Å²) in [6.07, 6.45) is 0. The first-order valence-corrected chi connectivity index (χ1v) is 5.23. The molecule has 14 heavy (non-hydrogen) atoms. The molecular formula is C9H9BrClNO2. The summed E-state index contributed by atoms with van der Waals surface area (Å²) in [5, 5.41) is 0.349. The predicted octanol–water partition coefficient (Wildman–Crippen LogP) is 2.98. The molecule has 0 aliphatic heterocycles. The van der Waals surface area contributed by atoms with Crippen molar-refractivity contribution in [3.63, 3.8) is 0 Å². The third-order valence-electron chi connectivity index (χ3n) is 1.62. The Morgan fingerprint density at radius 1 is 1.71 bits per heavy atom. The van der Waals surface area contributed by atoms with Gasteiger partial charge in [0.15, 0.2) is 0 Å². The van der Waals surface area contributed by atoms with Crippen LogP contribution in [-0.4, -0.2) is 17.6 Å². The van der Waals surface area contributed by atoms with Crippen molar-refractivity contribution in [1.82, 2.24) is 4.98 Å². The highest BCUT2D eigenvalue weighted by atomic mass is 79.9. The van der Waals surface area contributed by atoms with E-state index in [-0.39, 0.29) is 5.97 Å². The Kier molecular flexibility index (Phi) is 3.89. The maximum absolute atomic E-state index is 11.5. The molecule has 0 bridgehead atoms. The number of hydrogen-bond acceptors (Lipinski definition) is 3. The molecule has 0 saturated heterocycles. The van der Waals surface area contributed by atoms with Crippen molar-refractivity contribution in [2.24, 2.45) is 0 Å². The van der Waals surface area contributed by atoms with Gasteiger partial charge >= 0.3 is 5.97 Å². The topological polar surface area (TPSA) is 39.2 Å². The van der Waals surface area contributed by atoms with Crippen LogP contribution in [0, 0.1) is 6.92 Å². The van der Waals surface area contributed by atoms with Gasteiger partial charge in [0, 0.05) is 0 Å². The van der Waals surface area contributed by atoms with E-state index in [1.54, 1.807) is 19.9 Å². The summed E-state index contributed by atoms with van der Waals surface area (Å²) in [7, 11) is 0. The number of rotatable bonds is 2. The first kappa shape index (κ1) is 11.5. The zero-order valence-electron chi connectivity index (χ0n) is 7.80. The van der Waals surface area contributed by atoms with Crippen LogP contribution in [-0.2, 0) is 4.74 Å². The molecular weight excluding hydrogens is 269 g/mol. The standard InChI is InChI=1S/C9H9BrClNO2/c1-3-14-9(13)7-5(2)4-6(11)12-8(7)10/h4H,3H2,1-2H3.